The van der Waals surface area contributed by atoms with Gasteiger partial charge in [0.2, 0.25) is 5.88 Å². The van der Waals surface area contributed by atoms with Crippen LogP contribution in [0.15, 0.2) is 36.5 Å². The monoisotopic (exact) mass is 378 g/mol. The van der Waals surface area contributed by atoms with Crippen molar-refractivity contribution < 1.29 is 22.7 Å². The molecule has 2 rings (SSSR count). The van der Waals surface area contributed by atoms with E-state index in [-0.39, 0.29) is 23.0 Å². The van der Waals surface area contributed by atoms with Crippen molar-refractivity contribution in [3.05, 3.63) is 57.7 Å². The number of aromatic nitrogens is 1. The molecule has 0 fully saturated rings. The van der Waals surface area contributed by atoms with Gasteiger partial charge in [-0.05, 0) is 24.3 Å². The fourth-order valence-electron chi connectivity index (χ4n) is 1.78. The molecule has 0 spiro atoms. The lowest BCUT2D eigenvalue weighted by atomic mass is 10.2. The van der Waals surface area contributed by atoms with Crippen LogP contribution in [0.2, 0.25) is 10.0 Å². The average molecular weight is 379 g/mol. The molecule has 0 saturated carbocycles. The summed E-state index contributed by atoms with van der Waals surface area (Å²) < 4.78 is 41.4. The SMILES string of the molecule is O=C(NCc1cccnc1OCC(F)(F)F)c1cc(Cl)ccc1Cl. The minimum Gasteiger partial charge on any atom is -0.468 e. The van der Waals surface area contributed by atoms with Crippen molar-refractivity contribution in [2.24, 2.45) is 0 Å². The maximum atomic E-state index is 12.2. The highest BCUT2D eigenvalue weighted by Crippen LogP contribution is 2.22. The summed E-state index contributed by atoms with van der Waals surface area (Å²) in [6.07, 6.45) is -3.18. The number of nitrogens with zero attached hydrogens (tertiary/aromatic N) is 1. The van der Waals surface area contributed by atoms with Crippen LogP contribution < -0.4 is 10.1 Å². The Balaban J connectivity index is 2.06. The second-order valence-electron chi connectivity index (χ2n) is 4.68. The molecule has 2 aromatic rings. The zero-order chi connectivity index (χ0) is 17.7. The van der Waals surface area contributed by atoms with Gasteiger partial charge in [-0.15, -0.1) is 0 Å². The van der Waals surface area contributed by atoms with Gasteiger partial charge in [-0.3, -0.25) is 4.79 Å². The molecule has 128 valence electrons. The molecular formula is C15H11Cl2F3N2O2. The van der Waals surface area contributed by atoms with Crippen molar-refractivity contribution in [1.82, 2.24) is 10.3 Å². The Labute approximate surface area is 145 Å². The van der Waals surface area contributed by atoms with E-state index in [4.69, 9.17) is 23.2 Å². The first-order valence-electron chi connectivity index (χ1n) is 6.63. The summed E-state index contributed by atoms with van der Waals surface area (Å²) in [5.41, 5.74) is 0.457. The Morgan fingerprint density at radius 1 is 1.25 bits per heavy atom. The van der Waals surface area contributed by atoms with E-state index in [1.165, 1.54) is 36.5 Å². The fourth-order valence-corrected chi connectivity index (χ4v) is 2.16. The van der Waals surface area contributed by atoms with Gasteiger partial charge >= 0.3 is 6.18 Å². The first-order chi connectivity index (χ1) is 11.3. The first kappa shape index (κ1) is 18.4. The maximum absolute atomic E-state index is 12.2. The Kier molecular flexibility index (Phi) is 5.90. The van der Waals surface area contributed by atoms with E-state index >= 15 is 0 Å². The molecule has 0 aliphatic heterocycles. The van der Waals surface area contributed by atoms with E-state index in [9.17, 15) is 18.0 Å². The number of carbonyl (C=O) groups is 1. The third kappa shape index (κ3) is 5.28. The van der Waals surface area contributed by atoms with E-state index in [0.717, 1.165) is 0 Å². The molecule has 4 nitrogen and oxygen atoms in total. The van der Waals surface area contributed by atoms with Gasteiger partial charge < -0.3 is 10.1 Å². The van der Waals surface area contributed by atoms with Crippen LogP contribution in [0.25, 0.3) is 0 Å². The molecule has 0 atom stereocenters. The van der Waals surface area contributed by atoms with Crippen molar-refractivity contribution in [2.45, 2.75) is 12.7 Å². The lowest BCUT2D eigenvalue weighted by molar-refractivity contribution is -0.154. The average Bonchev–Trinajstić information content (AvgIpc) is 2.53. The summed E-state index contributed by atoms with van der Waals surface area (Å²) in [4.78, 5) is 15.9. The number of rotatable bonds is 5. The van der Waals surface area contributed by atoms with Crippen LogP contribution in [0, 0.1) is 0 Å². The minimum atomic E-state index is -4.48. The number of hydrogen-bond acceptors (Lipinski definition) is 3. The molecule has 0 unspecified atom stereocenters. The minimum absolute atomic E-state index is 0.0806. The number of hydrogen-bond donors (Lipinski definition) is 1. The quantitative estimate of drug-likeness (QED) is 0.845. The van der Waals surface area contributed by atoms with Gasteiger partial charge in [0.05, 0.1) is 10.6 Å². The van der Waals surface area contributed by atoms with E-state index in [2.05, 4.69) is 15.0 Å². The lowest BCUT2D eigenvalue weighted by Gasteiger charge is -2.12. The molecule has 0 saturated heterocycles. The van der Waals surface area contributed by atoms with Crippen molar-refractivity contribution in [3.8, 4) is 5.88 Å². The first-order valence-corrected chi connectivity index (χ1v) is 7.38. The standard InChI is InChI=1S/C15H11Cl2F3N2O2/c16-10-3-4-12(17)11(6-10)13(23)22-7-9-2-1-5-21-14(9)24-8-15(18,19)20/h1-6H,7-8H2,(H,22,23). The van der Waals surface area contributed by atoms with Crippen LogP contribution >= 0.6 is 23.2 Å². The fraction of sp³-hybridized carbons (Fsp3) is 0.200. The van der Waals surface area contributed by atoms with Gasteiger partial charge in [0, 0.05) is 23.3 Å². The van der Waals surface area contributed by atoms with Gasteiger partial charge in [-0.1, -0.05) is 29.3 Å². The van der Waals surface area contributed by atoms with Gasteiger partial charge in [0.15, 0.2) is 6.61 Å². The number of nitrogens with one attached hydrogen (secondary N) is 1. The Hall–Kier alpha value is -1.99. The molecular weight excluding hydrogens is 368 g/mol. The summed E-state index contributed by atoms with van der Waals surface area (Å²) in [5, 5.41) is 3.08. The van der Waals surface area contributed by atoms with Crippen molar-refractivity contribution in [2.75, 3.05) is 6.61 Å². The highest BCUT2D eigenvalue weighted by atomic mass is 35.5. The van der Waals surface area contributed by atoms with E-state index in [1.54, 1.807) is 0 Å². The van der Waals surface area contributed by atoms with Gasteiger partial charge in [0.1, 0.15) is 0 Å². The lowest BCUT2D eigenvalue weighted by Crippen LogP contribution is -2.24. The molecule has 0 bridgehead atoms. The highest BCUT2D eigenvalue weighted by molar-refractivity contribution is 6.35. The van der Waals surface area contributed by atoms with Gasteiger partial charge in [-0.2, -0.15) is 13.2 Å². The molecule has 24 heavy (non-hydrogen) atoms. The zero-order valence-electron chi connectivity index (χ0n) is 12.0. The number of halogens is 5. The van der Waals surface area contributed by atoms with E-state index in [0.29, 0.717) is 10.6 Å². The molecule has 0 aliphatic carbocycles. The number of benzene rings is 1. The number of carbonyl (C=O) groups excluding carboxylic acids is 1. The van der Waals surface area contributed by atoms with Gasteiger partial charge in [0.25, 0.3) is 5.91 Å². The zero-order valence-corrected chi connectivity index (χ0v) is 13.5. The highest BCUT2D eigenvalue weighted by Gasteiger charge is 2.29. The largest absolute Gasteiger partial charge is 0.468 e. The third-order valence-corrected chi connectivity index (χ3v) is 3.40. The molecule has 1 amide bonds. The van der Waals surface area contributed by atoms with Crippen LogP contribution in [-0.2, 0) is 6.54 Å². The van der Waals surface area contributed by atoms with Crippen LogP contribution in [0.1, 0.15) is 15.9 Å². The number of ether oxygens (including phenoxy) is 1. The topological polar surface area (TPSA) is 51.2 Å². The van der Waals surface area contributed by atoms with Crippen LogP contribution in [0.4, 0.5) is 13.2 Å². The van der Waals surface area contributed by atoms with Crippen LogP contribution in [-0.4, -0.2) is 23.7 Å². The predicted molar refractivity (Wildman–Crippen MR) is 83.4 cm³/mol. The molecule has 1 aromatic carbocycles. The predicted octanol–water partition coefficient (Wildman–Crippen LogP) is 4.26. The van der Waals surface area contributed by atoms with Crippen molar-refractivity contribution in [3.63, 3.8) is 0 Å². The summed E-state index contributed by atoms with van der Waals surface area (Å²) in [5.74, 6) is -0.722. The van der Waals surface area contributed by atoms with E-state index < -0.39 is 18.7 Å². The van der Waals surface area contributed by atoms with Gasteiger partial charge in [-0.25, -0.2) is 4.98 Å². The molecule has 1 aromatic heterocycles. The van der Waals surface area contributed by atoms with Crippen molar-refractivity contribution >= 4 is 29.1 Å². The third-order valence-electron chi connectivity index (χ3n) is 2.83. The summed E-state index contributed by atoms with van der Waals surface area (Å²) in [6, 6.07) is 7.42. The smallest absolute Gasteiger partial charge is 0.422 e. The number of alkyl halides is 3. The molecule has 0 radical (unpaired) electrons. The summed E-state index contributed by atoms with van der Waals surface area (Å²) in [6.45, 7) is -1.55. The second kappa shape index (κ2) is 7.72. The Bertz CT molecular complexity index is 739. The number of amides is 1. The molecule has 1 N–H and O–H groups in total. The van der Waals surface area contributed by atoms with Crippen molar-refractivity contribution in [1.29, 1.82) is 0 Å². The van der Waals surface area contributed by atoms with Crippen LogP contribution in [0.5, 0.6) is 5.88 Å². The molecule has 0 aliphatic rings. The normalized spacial score (nSPS) is 11.2. The summed E-state index contributed by atoms with van der Waals surface area (Å²) >= 11 is 11.7. The maximum Gasteiger partial charge on any atom is 0.422 e. The molecule has 9 heteroatoms. The summed E-state index contributed by atoms with van der Waals surface area (Å²) in [7, 11) is 0. The number of pyridine rings is 1. The van der Waals surface area contributed by atoms with Crippen LogP contribution in [0.3, 0.4) is 0 Å². The van der Waals surface area contributed by atoms with E-state index in [1.807, 2.05) is 0 Å². The Morgan fingerprint density at radius 2 is 2.00 bits per heavy atom. The Morgan fingerprint density at radius 3 is 2.71 bits per heavy atom. The molecule has 1 heterocycles. The second-order valence-corrected chi connectivity index (χ2v) is 5.52.